The van der Waals surface area contributed by atoms with Gasteiger partial charge < -0.3 is 20.6 Å². The molecule has 3 rings (SSSR count). The first-order valence-electron chi connectivity index (χ1n) is 9.28. The molecule has 3 N–H and O–H groups in total. The summed E-state index contributed by atoms with van der Waals surface area (Å²) in [5.74, 6) is 1.16. The van der Waals surface area contributed by atoms with E-state index in [4.69, 9.17) is 5.11 Å². The van der Waals surface area contributed by atoms with Gasteiger partial charge in [-0.2, -0.15) is 0 Å². The van der Waals surface area contributed by atoms with E-state index >= 15 is 0 Å². The Bertz CT molecular complexity index is 597. The molecule has 1 aliphatic heterocycles. The number of nitrogens with zero attached hydrogens (tertiary/aromatic N) is 2. The van der Waals surface area contributed by atoms with Crippen LogP contribution in [0.2, 0.25) is 0 Å². The lowest BCUT2D eigenvalue weighted by Gasteiger charge is -2.22. The normalized spacial score (nSPS) is 23.3. The lowest BCUT2D eigenvalue weighted by Crippen LogP contribution is -2.40. The highest BCUT2D eigenvalue weighted by Crippen LogP contribution is 2.19. The number of anilines is 1. The summed E-state index contributed by atoms with van der Waals surface area (Å²) < 4.78 is 0. The molecule has 1 fully saturated rings. The van der Waals surface area contributed by atoms with E-state index in [2.05, 4.69) is 26.6 Å². The summed E-state index contributed by atoms with van der Waals surface area (Å²) in [6, 6.07) is 3.84. The van der Waals surface area contributed by atoms with Gasteiger partial charge in [0.1, 0.15) is 5.82 Å². The largest absolute Gasteiger partial charge is 0.396 e. The molecule has 0 spiro atoms. The van der Waals surface area contributed by atoms with E-state index < -0.39 is 0 Å². The van der Waals surface area contributed by atoms with Gasteiger partial charge in [-0.3, -0.25) is 0 Å². The summed E-state index contributed by atoms with van der Waals surface area (Å²) in [7, 11) is 0. The van der Waals surface area contributed by atoms with Gasteiger partial charge in [0.2, 0.25) is 0 Å². The molecule has 0 saturated carbocycles. The van der Waals surface area contributed by atoms with Crippen LogP contribution in [0.4, 0.5) is 10.6 Å². The highest BCUT2D eigenvalue weighted by molar-refractivity contribution is 5.74. The number of aliphatic hydroxyl groups is 1. The van der Waals surface area contributed by atoms with Crippen LogP contribution in [0.5, 0.6) is 0 Å². The van der Waals surface area contributed by atoms with Gasteiger partial charge in [0.05, 0.1) is 0 Å². The fourth-order valence-electron chi connectivity index (χ4n) is 3.46. The van der Waals surface area contributed by atoms with Crippen molar-refractivity contribution in [1.82, 2.24) is 15.6 Å². The standard InChI is InChI=1S/C19H28N4O2/c24-14-16-5-6-17(11-16)22-19(25)21-13-15-7-8-20-18(12-15)23-9-3-1-2-4-10-23/h5-8,12,16-17,24H,1-4,9-11,13-14H2,(H2,21,22,25)/t16-,17+/m0/s1. The summed E-state index contributed by atoms with van der Waals surface area (Å²) in [4.78, 5) is 18.9. The first kappa shape index (κ1) is 17.7. The predicted molar refractivity (Wildman–Crippen MR) is 98.4 cm³/mol. The fraction of sp³-hybridized carbons (Fsp3) is 0.579. The lowest BCUT2D eigenvalue weighted by molar-refractivity contribution is 0.231. The number of hydrogen-bond donors (Lipinski definition) is 3. The van der Waals surface area contributed by atoms with Crippen LogP contribution in [0, 0.1) is 5.92 Å². The molecule has 2 atom stereocenters. The number of rotatable bonds is 5. The van der Waals surface area contributed by atoms with Crippen LogP contribution in [0.3, 0.4) is 0 Å². The fourth-order valence-corrected chi connectivity index (χ4v) is 3.46. The molecule has 2 amide bonds. The van der Waals surface area contributed by atoms with Crippen LogP contribution in [0.15, 0.2) is 30.5 Å². The summed E-state index contributed by atoms with van der Waals surface area (Å²) in [6.07, 6.45) is 11.5. The van der Waals surface area contributed by atoms with Crippen LogP contribution in [0.1, 0.15) is 37.7 Å². The van der Waals surface area contributed by atoms with Gasteiger partial charge in [-0.15, -0.1) is 0 Å². The molecule has 136 valence electrons. The smallest absolute Gasteiger partial charge is 0.315 e. The zero-order valence-electron chi connectivity index (χ0n) is 14.7. The van der Waals surface area contributed by atoms with Gasteiger partial charge in [0.15, 0.2) is 0 Å². The number of carbonyl (C=O) groups excluding carboxylic acids is 1. The molecular formula is C19H28N4O2. The molecule has 1 saturated heterocycles. The second kappa shape index (κ2) is 8.85. The minimum atomic E-state index is -0.179. The molecule has 25 heavy (non-hydrogen) atoms. The molecule has 1 aliphatic carbocycles. The number of carbonyl (C=O) groups is 1. The summed E-state index contributed by atoms with van der Waals surface area (Å²) in [5, 5.41) is 15.0. The second-order valence-electron chi connectivity index (χ2n) is 6.92. The van der Waals surface area contributed by atoms with E-state index in [0.29, 0.717) is 6.54 Å². The van der Waals surface area contributed by atoms with Crippen LogP contribution >= 0.6 is 0 Å². The lowest BCUT2D eigenvalue weighted by atomic mass is 10.1. The van der Waals surface area contributed by atoms with Crippen LogP contribution in [-0.2, 0) is 6.54 Å². The molecule has 1 aromatic heterocycles. The first-order valence-corrected chi connectivity index (χ1v) is 9.28. The maximum absolute atomic E-state index is 12.1. The topological polar surface area (TPSA) is 77.5 Å². The van der Waals surface area contributed by atoms with Crippen molar-refractivity contribution in [2.24, 2.45) is 5.92 Å². The number of pyridine rings is 1. The molecular weight excluding hydrogens is 316 g/mol. The number of amides is 2. The predicted octanol–water partition coefficient (Wildman–Crippen LogP) is 2.20. The van der Waals surface area contributed by atoms with Crippen LogP contribution in [-0.4, -0.2) is 41.9 Å². The molecule has 2 heterocycles. The summed E-state index contributed by atoms with van der Waals surface area (Å²) >= 11 is 0. The Labute approximate surface area is 149 Å². The van der Waals surface area contributed by atoms with Gasteiger partial charge in [0.25, 0.3) is 0 Å². The second-order valence-corrected chi connectivity index (χ2v) is 6.92. The Morgan fingerprint density at radius 2 is 2.04 bits per heavy atom. The zero-order chi connectivity index (χ0) is 17.5. The van der Waals surface area contributed by atoms with E-state index in [9.17, 15) is 4.79 Å². The number of aromatic nitrogens is 1. The number of hydrogen-bond acceptors (Lipinski definition) is 4. The molecule has 0 bridgehead atoms. The average Bonchev–Trinajstić information content (AvgIpc) is 2.91. The van der Waals surface area contributed by atoms with Gasteiger partial charge in [-0.05, 0) is 37.0 Å². The van der Waals surface area contributed by atoms with Gasteiger partial charge in [0, 0.05) is 44.4 Å². The van der Waals surface area contributed by atoms with E-state index in [1.165, 1.54) is 25.7 Å². The van der Waals surface area contributed by atoms with E-state index in [0.717, 1.165) is 30.9 Å². The zero-order valence-corrected chi connectivity index (χ0v) is 14.7. The van der Waals surface area contributed by atoms with E-state index in [-0.39, 0.29) is 24.6 Å². The van der Waals surface area contributed by atoms with Crippen LogP contribution < -0.4 is 15.5 Å². The third-order valence-corrected chi connectivity index (χ3v) is 4.92. The molecule has 0 aromatic carbocycles. The maximum atomic E-state index is 12.1. The van der Waals surface area contributed by atoms with Crippen molar-refractivity contribution in [3.63, 3.8) is 0 Å². The maximum Gasteiger partial charge on any atom is 0.315 e. The number of aliphatic hydroxyl groups excluding tert-OH is 1. The third-order valence-electron chi connectivity index (χ3n) is 4.92. The minimum Gasteiger partial charge on any atom is -0.396 e. The molecule has 0 unspecified atom stereocenters. The Hall–Kier alpha value is -2.08. The summed E-state index contributed by atoms with van der Waals surface area (Å²) in [5.41, 5.74) is 1.06. The number of nitrogens with one attached hydrogen (secondary N) is 2. The van der Waals surface area contributed by atoms with Crippen molar-refractivity contribution in [2.45, 2.75) is 44.7 Å². The Balaban J connectivity index is 1.48. The Morgan fingerprint density at radius 1 is 1.24 bits per heavy atom. The van der Waals surface area contributed by atoms with Crippen molar-refractivity contribution in [3.8, 4) is 0 Å². The average molecular weight is 344 g/mol. The highest BCUT2D eigenvalue weighted by atomic mass is 16.3. The minimum absolute atomic E-state index is 0.00208. The monoisotopic (exact) mass is 344 g/mol. The Morgan fingerprint density at radius 3 is 2.76 bits per heavy atom. The van der Waals surface area contributed by atoms with E-state index in [1.807, 2.05) is 24.4 Å². The van der Waals surface area contributed by atoms with E-state index in [1.54, 1.807) is 0 Å². The first-order chi connectivity index (χ1) is 12.2. The molecule has 1 aromatic rings. The third kappa shape index (κ3) is 5.19. The van der Waals surface area contributed by atoms with Gasteiger partial charge in [-0.1, -0.05) is 25.0 Å². The Kier molecular flexibility index (Phi) is 6.28. The molecule has 0 radical (unpaired) electrons. The van der Waals surface area contributed by atoms with Gasteiger partial charge >= 0.3 is 6.03 Å². The van der Waals surface area contributed by atoms with Crippen molar-refractivity contribution < 1.29 is 9.90 Å². The van der Waals surface area contributed by atoms with Crippen molar-refractivity contribution in [2.75, 3.05) is 24.6 Å². The quantitative estimate of drug-likeness (QED) is 0.716. The summed E-state index contributed by atoms with van der Waals surface area (Å²) in [6.45, 7) is 2.73. The SMILES string of the molecule is O=C(NCc1ccnc(N2CCCCCC2)c1)N[C@@H]1C=C[C@H](CO)C1. The van der Waals surface area contributed by atoms with Crippen LogP contribution in [0.25, 0.3) is 0 Å². The molecule has 6 nitrogen and oxygen atoms in total. The number of urea groups is 1. The van der Waals surface area contributed by atoms with Crippen molar-refractivity contribution in [3.05, 3.63) is 36.0 Å². The van der Waals surface area contributed by atoms with Gasteiger partial charge in [-0.25, -0.2) is 9.78 Å². The molecule has 2 aliphatic rings. The van der Waals surface area contributed by atoms with Crippen molar-refractivity contribution >= 4 is 11.8 Å². The highest BCUT2D eigenvalue weighted by Gasteiger charge is 2.19. The van der Waals surface area contributed by atoms with Crippen molar-refractivity contribution in [1.29, 1.82) is 0 Å². The molecule has 6 heteroatoms.